The quantitative estimate of drug-likeness (QED) is 0.784. The van der Waals surface area contributed by atoms with E-state index in [9.17, 15) is 9.59 Å². The van der Waals surface area contributed by atoms with Crippen LogP contribution in [0.1, 0.15) is 47.5 Å². The fourth-order valence-electron chi connectivity index (χ4n) is 2.90. The maximum atomic E-state index is 12.7. The molecule has 1 N–H and O–H groups in total. The van der Waals surface area contributed by atoms with Crippen LogP contribution in [-0.4, -0.2) is 29.3 Å². The summed E-state index contributed by atoms with van der Waals surface area (Å²) in [6.45, 7) is 2.40. The number of nitrogens with zero attached hydrogens (tertiary/aromatic N) is 1. The summed E-state index contributed by atoms with van der Waals surface area (Å²) >= 11 is 7.35. The monoisotopic (exact) mass is 376 g/mol. The minimum Gasteiger partial charge on any atom is -0.351 e. The molecule has 1 unspecified atom stereocenters. The minimum absolute atomic E-state index is 0.00487. The highest BCUT2D eigenvalue weighted by Crippen LogP contribution is 2.35. The van der Waals surface area contributed by atoms with Gasteiger partial charge >= 0.3 is 0 Å². The molecule has 2 amide bonds. The van der Waals surface area contributed by atoms with E-state index in [0.717, 1.165) is 18.4 Å². The lowest BCUT2D eigenvalue weighted by Gasteiger charge is -2.30. The smallest absolute Gasteiger partial charge is 0.261 e. The number of thiophene rings is 1. The molecule has 4 nitrogen and oxygen atoms in total. The van der Waals surface area contributed by atoms with Gasteiger partial charge in [0.15, 0.2) is 0 Å². The second-order valence-corrected chi connectivity index (χ2v) is 7.63. The van der Waals surface area contributed by atoms with Gasteiger partial charge in [0.05, 0.1) is 10.9 Å². The van der Waals surface area contributed by atoms with E-state index in [0.29, 0.717) is 28.9 Å². The molecule has 1 aliphatic rings. The Morgan fingerprint density at radius 2 is 2.00 bits per heavy atom. The molecule has 1 saturated carbocycles. The average Bonchev–Trinajstić information content (AvgIpc) is 3.26. The predicted molar refractivity (Wildman–Crippen MR) is 101 cm³/mol. The molecule has 6 heteroatoms. The van der Waals surface area contributed by atoms with E-state index in [1.165, 1.54) is 11.3 Å². The highest BCUT2D eigenvalue weighted by molar-refractivity contribution is 7.12. The fourth-order valence-corrected chi connectivity index (χ4v) is 3.66. The summed E-state index contributed by atoms with van der Waals surface area (Å²) in [5.74, 6) is -0.0389. The lowest BCUT2D eigenvalue weighted by molar-refractivity contribution is -0.133. The molecule has 0 radical (unpaired) electrons. The summed E-state index contributed by atoms with van der Waals surface area (Å²) in [5.41, 5.74) is 1.08. The van der Waals surface area contributed by atoms with Crippen LogP contribution in [0, 0.1) is 0 Å². The van der Waals surface area contributed by atoms with Gasteiger partial charge in [-0.15, -0.1) is 11.3 Å². The summed E-state index contributed by atoms with van der Waals surface area (Å²) in [6.07, 6.45) is 2.40. The van der Waals surface area contributed by atoms with Gasteiger partial charge in [0.1, 0.15) is 0 Å². The minimum atomic E-state index is -0.119. The second kappa shape index (κ2) is 8.02. The van der Waals surface area contributed by atoms with Gasteiger partial charge in [-0.25, -0.2) is 0 Å². The van der Waals surface area contributed by atoms with Gasteiger partial charge < -0.3 is 10.2 Å². The van der Waals surface area contributed by atoms with Crippen LogP contribution in [0.15, 0.2) is 41.8 Å². The molecule has 0 bridgehead atoms. The van der Waals surface area contributed by atoms with Crippen molar-refractivity contribution in [3.8, 4) is 0 Å². The van der Waals surface area contributed by atoms with Crippen LogP contribution >= 0.6 is 22.9 Å². The van der Waals surface area contributed by atoms with Crippen molar-refractivity contribution >= 4 is 34.8 Å². The van der Waals surface area contributed by atoms with Crippen molar-refractivity contribution in [2.45, 2.75) is 38.3 Å². The van der Waals surface area contributed by atoms with Crippen molar-refractivity contribution in [3.63, 3.8) is 0 Å². The van der Waals surface area contributed by atoms with Gasteiger partial charge in [-0.05, 0) is 48.9 Å². The number of halogens is 1. The Bertz CT molecular complexity index is 726. The number of hydrogen-bond donors (Lipinski definition) is 1. The van der Waals surface area contributed by atoms with Gasteiger partial charge in [0, 0.05) is 24.0 Å². The summed E-state index contributed by atoms with van der Waals surface area (Å²) in [7, 11) is 0. The topological polar surface area (TPSA) is 49.4 Å². The number of benzene rings is 1. The Morgan fingerprint density at radius 1 is 1.28 bits per heavy atom. The average molecular weight is 377 g/mol. The van der Waals surface area contributed by atoms with Crippen molar-refractivity contribution in [1.29, 1.82) is 0 Å². The molecule has 1 aromatic heterocycles. The number of carbonyl (C=O) groups is 2. The third-order valence-electron chi connectivity index (χ3n) is 4.37. The van der Waals surface area contributed by atoms with Crippen LogP contribution < -0.4 is 5.32 Å². The van der Waals surface area contributed by atoms with E-state index < -0.39 is 0 Å². The SMILES string of the molecule is CC(c1ccc(Cl)cc1)N(C(=O)CCNC(=O)c1cccs1)C1CC1. The van der Waals surface area contributed by atoms with Crippen molar-refractivity contribution in [1.82, 2.24) is 10.2 Å². The molecule has 3 rings (SSSR count). The van der Waals surface area contributed by atoms with Gasteiger partial charge in [-0.1, -0.05) is 29.8 Å². The molecule has 1 fully saturated rings. The summed E-state index contributed by atoms with van der Waals surface area (Å²) in [5, 5.41) is 5.38. The van der Waals surface area contributed by atoms with Gasteiger partial charge in [-0.2, -0.15) is 0 Å². The number of carbonyl (C=O) groups excluding carboxylic acids is 2. The zero-order chi connectivity index (χ0) is 17.8. The van der Waals surface area contributed by atoms with Gasteiger partial charge in [0.2, 0.25) is 5.91 Å². The highest BCUT2D eigenvalue weighted by Gasteiger charge is 2.35. The Hall–Kier alpha value is -1.85. The van der Waals surface area contributed by atoms with Crippen LogP contribution in [0.5, 0.6) is 0 Å². The molecular formula is C19H21ClN2O2S. The normalized spacial score (nSPS) is 14.8. The number of rotatable bonds is 7. The first-order valence-electron chi connectivity index (χ1n) is 8.44. The molecule has 2 aromatic rings. The van der Waals surface area contributed by atoms with Crippen molar-refractivity contribution in [2.24, 2.45) is 0 Å². The van der Waals surface area contributed by atoms with Crippen molar-refractivity contribution in [3.05, 3.63) is 57.2 Å². The Morgan fingerprint density at radius 3 is 2.60 bits per heavy atom. The molecule has 132 valence electrons. The van der Waals surface area contributed by atoms with Crippen LogP contribution in [0.2, 0.25) is 5.02 Å². The predicted octanol–water partition coefficient (Wildman–Crippen LogP) is 4.27. The molecule has 0 saturated heterocycles. The van der Waals surface area contributed by atoms with E-state index >= 15 is 0 Å². The number of nitrogens with one attached hydrogen (secondary N) is 1. The van der Waals surface area contributed by atoms with Crippen molar-refractivity contribution < 1.29 is 9.59 Å². The fraction of sp³-hybridized carbons (Fsp3) is 0.368. The molecule has 0 aliphatic heterocycles. The number of hydrogen-bond acceptors (Lipinski definition) is 3. The maximum Gasteiger partial charge on any atom is 0.261 e. The Labute approximate surface area is 156 Å². The van der Waals surface area contributed by atoms with Crippen LogP contribution in [0.3, 0.4) is 0 Å². The van der Waals surface area contributed by atoms with E-state index in [-0.39, 0.29) is 17.9 Å². The first-order chi connectivity index (χ1) is 12.1. The van der Waals surface area contributed by atoms with E-state index in [1.807, 2.05) is 47.5 Å². The summed E-state index contributed by atoms with van der Waals surface area (Å²) < 4.78 is 0. The molecule has 1 aliphatic carbocycles. The molecular weight excluding hydrogens is 356 g/mol. The third-order valence-corrected chi connectivity index (χ3v) is 5.49. The van der Waals surface area contributed by atoms with Gasteiger partial charge in [-0.3, -0.25) is 9.59 Å². The van der Waals surface area contributed by atoms with Crippen molar-refractivity contribution in [2.75, 3.05) is 6.54 Å². The molecule has 1 aromatic carbocycles. The van der Waals surface area contributed by atoms with Gasteiger partial charge in [0.25, 0.3) is 5.91 Å². The zero-order valence-corrected chi connectivity index (χ0v) is 15.6. The van der Waals surface area contributed by atoms with Crippen LogP contribution in [-0.2, 0) is 4.79 Å². The molecule has 1 atom stereocenters. The Balaban J connectivity index is 1.57. The first kappa shape index (κ1) is 18.0. The second-order valence-electron chi connectivity index (χ2n) is 6.24. The standard InChI is InChI=1S/C19H21ClN2O2S/c1-13(14-4-6-15(20)7-5-14)22(16-8-9-16)18(23)10-11-21-19(24)17-3-2-12-25-17/h2-7,12-13,16H,8-11H2,1H3,(H,21,24). The first-order valence-corrected chi connectivity index (χ1v) is 9.70. The molecule has 0 spiro atoms. The summed E-state index contributed by atoms with van der Waals surface area (Å²) in [4.78, 5) is 27.3. The largest absolute Gasteiger partial charge is 0.351 e. The van der Waals surface area contributed by atoms with Crippen LogP contribution in [0.25, 0.3) is 0 Å². The third kappa shape index (κ3) is 4.61. The Kier molecular flexibility index (Phi) is 5.76. The zero-order valence-electron chi connectivity index (χ0n) is 14.1. The molecule has 25 heavy (non-hydrogen) atoms. The van der Waals surface area contributed by atoms with E-state index in [4.69, 9.17) is 11.6 Å². The maximum absolute atomic E-state index is 12.7. The highest BCUT2D eigenvalue weighted by atomic mass is 35.5. The lowest BCUT2D eigenvalue weighted by atomic mass is 10.1. The van der Waals surface area contributed by atoms with E-state index in [1.54, 1.807) is 6.07 Å². The molecule has 1 heterocycles. The number of amides is 2. The van der Waals surface area contributed by atoms with Crippen LogP contribution in [0.4, 0.5) is 0 Å². The lowest BCUT2D eigenvalue weighted by Crippen LogP contribution is -2.37. The summed E-state index contributed by atoms with van der Waals surface area (Å²) in [6, 6.07) is 11.6. The van der Waals surface area contributed by atoms with E-state index in [2.05, 4.69) is 5.32 Å².